The third kappa shape index (κ3) is 5.55. The highest BCUT2D eigenvalue weighted by Crippen LogP contribution is 2.27. The van der Waals surface area contributed by atoms with Gasteiger partial charge in [0.2, 0.25) is 5.91 Å². The molecule has 4 rings (SSSR count). The number of amides is 2. The number of hydrogen-bond acceptors (Lipinski definition) is 4. The molecule has 7 nitrogen and oxygen atoms in total. The SMILES string of the molecule is O=C1CO[C@H](C(=O)N2CC=C(c3ccc(F)cc3)CC2)[C@@H](c2ccccc2)N1.O=CO. The highest BCUT2D eigenvalue weighted by Gasteiger charge is 2.38. The van der Waals surface area contributed by atoms with E-state index in [1.165, 1.54) is 12.1 Å². The van der Waals surface area contributed by atoms with Crippen molar-refractivity contribution in [2.45, 2.75) is 18.6 Å². The van der Waals surface area contributed by atoms with Crippen LogP contribution >= 0.6 is 0 Å². The second-order valence-corrected chi connectivity index (χ2v) is 7.06. The lowest BCUT2D eigenvalue weighted by Crippen LogP contribution is -2.53. The fourth-order valence-electron chi connectivity index (χ4n) is 3.66. The van der Waals surface area contributed by atoms with Crippen molar-refractivity contribution in [1.29, 1.82) is 0 Å². The van der Waals surface area contributed by atoms with Crippen LogP contribution in [0, 0.1) is 5.82 Å². The van der Waals surface area contributed by atoms with E-state index in [0.29, 0.717) is 19.5 Å². The van der Waals surface area contributed by atoms with Crippen LogP contribution in [-0.4, -0.2) is 54.1 Å². The molecule has 2 aromatic carbocycles. The summed E-state index contributed by atoms with van der Waals surface area (Å²) in [5.41, 5.74) is 2.91. The number of rotatable bonds is 3. The molecule has 1 fully saturated rings. The molecule has 2 N–H and O–H groups in total. The van der Waals surface area contributed by atoms with Crippen molar-refractivity contribution < 1.29 is 28.6 Å². The average molecular weight is 426 g/mol. The lowest BCUT2D eigenvalue weighted by molar-refractivity contribution is -0.155. The summed E-state index contributed by atoms with van der Waals surface area (Å²) in [6.45, 7) is 0.641. The first-order chi connectivity index (χ1) is 15.0. The van der Waals surface area contributed by atoms with Crippen molar-refractivity contribution in [2.75, 3.05) is 19.7 Å². The standard InChI is InChI=1S/C22H21FN2O3.CH2O2/c23-18-8-6-15(7-9-18)16-10-12-25(13-11-16)22(27)21-20(24-19(26)14-28-21)17-4-2-1-3-5-17;2-1-3/h1-10,20-21H,11-14H2,(H,24,26);1H,(H,2,3)/t20-,21+;/m1./s1. The predicted molar refractivity (Wildman–Crippen MR) is 111 cm³/mol. The van der Waals surface area contributed by atoms with Crippen LogP contribution in [0.5, 0.6) is 0 Å². The lowest BCUT2D eigenvalue weighted by atomic mass is 9.96. The third-order valence-corrected chi connectivity index (χ3v) is 5.15. The predicted octanol–water partition coefficient (Wildman–Crippen LogP) is 2.40. The average Bonchev–Trinajstić information content (AvgIpc) is 2.80. The quantitative estimate of drug-likeness (QED) is 0.735. The van der Waals surface area contributed by atoms with Gasteiger partial charge >= 0.3 is 0 Å². The second-order valence-electron chi connectivity index (χ2n) is 7.06. The van der Waals surface area contributed by atoms with Crippen molar-refractivity contribution in [3.8, 4) is 0 Å². The van der Waals surface area contributed by atoms with E-state index in [4.69, 9.17) is 14.6 Å². The molecule has 0 saturated carbocycles. The van der Waals surface area contributed by atoms with Crippen molar-refractivity contribution in [1.82, 2.24) is 10.2 Å². The highest BCUT2D eigenvalue weighted by molar-refractivity contribution is 5.87. The van der Waals surface area contributed by atoms with Gasteiger partial charge < -0.3 is 20.1 Å². The Kier molecular flexibility index (Phi) is 7.50. The van der Waals surface area contributed by atoms with Crippen molar-refractivity contribution >= 4 is 23.9 Å². The molecule has 2 aliphatic heterocycles. The monoisotopic (exact) mass is 426 g/mol. The molecule has 31 heavy (non-hydrogen) atoms. The summed E-state index contributed by atoms with van der Waals surface area (Å²) < 4.78 is 18.7. The number of halogens is 1. The van der Waals surface area contributed by atoms with E-state index in [2.05, 4.69) is 5.32 Å². The molecule has 1 saturated heterocycles. The summed E-state index contributed by atoms with van der Waals surface area (Å²) in [5.74, 6) is -0.626. The Bertz CT molecular complexity index is 946. The molecule has 8 heteroatoms. The number of nitrogens with one attached hydrogen (secondary N) is 1. The molecule has 0 aliphatic carbocycles. The number of carboxylic acid groups (broad SMARTS) is 1. The van der Waals surface area contributed by atoms with Gasteiger partial charge in [0.25, 0.3) is 12.4 Å². The molecule has 0 unspecified atom stereocenters. The van der Waals surface area contributed by atoms with E-state index in [0.717, 1.165) is 16.7 Å². The van der Waals surface area contributed by atoms with E-state index in [1.807, 2.05) is 36.4 Å². The second kappa shape index (κ2) is 10.5. The summed E-state index contributed by atoms with van der Waals surface area (Å²) in [5, 5.41) is 9.77. The summed E-state index contributed by atoms with van der Waals surface area (Å²) >= 11 is 0. The van der Waals surface area contributed by atoms with Gasteiger partial charge in [-0.2, -0.15) is 0 Å². The normalized spacial score (nSPS) is 20.6. The van der Waals surface area contributed by atoms with Gasteiger partial charge in [-0.15, -0.1) is 0 Å². The number of hydrogen-bond donors (Lipinski definition) is 2. The zero-order valence-corrected chi connectivity index (χ0v) is 16.7. The van der Waals surface area contributed by atoms with Crippen molar-refractivity contribution in [3.63, 3.8) is 0 Å². The number of carbonyl (C=O) groups is 3. The Morgan fingerprint density at radius 1 is 1.16 bits per heavy atom. The summed E-state index contributed by atoms with van der Waals surface area (Å²) in [7, 11) is 0. The van der Waals surface area contributed by atoms with E-state index in [-0.39, 0.29) is 30.7 Å². The molecule has 2 aromatic rings. The Morgan fingerprint density at radius 3 is 2.45 bits per heavy atom. The summed E-state index contributed by atoms with van der Waals surface area (Å²) in [4.78, 5) is 35.0. The fourth-order valence-corrected chi connectivity index (χ4v) is 3.66. The maximum atomic E-state index is 13.1. The number of ether oxygens (including phenoxy) is 1. The van der Waals surface area contributed by atoms with Crippen molar-refractivity contribution in [2.24, 2.45) is 0 Å². The van der Waals surface area contributed by atoms with Gasteiger partial charge in [-0.1, -0.05) is 48.5 Å². The maximum absolute atomic E-state index is 13.1. The zero-order valence-electron chi connectivity index (χ0n) is 16.7. The van der Waals surface area contributed by atoms with Crippen LogP contribution in [0.15, 0.2) is 60.7 Å². The van der Waals surface area contributed by atoms with Gasteiger partial charge in [0, 0.05) is 13.1 Å². The number of carbonyl (C=O) groups excluding carboxylic acids is 2. The molecule has 2 aliphatic rings. The Hall–Kier alpha value is -3.52. The lowest BCUT2D eigenvalue weighted by Gasteiger charge is -2.36. The molecule has 0 bridgehead atoms. The minimum Gasteiger partial charge on any atom is -0.483 e. The van der Waals surface area contributed by atoms with Crippen LogP contribution in [0.4, 0.5) is 4.39 Å². The van der Waals surface area contributed by atoms with Gasteiger partial charge in [0.05, 0.1) is 6.04 Å². The maximum Gasteiger partial charge on any atom is 0.290 e. The van der Waals surface area contributed by atoms with Gasteiger partial charge in [-0.05, 0) is 35.3 Å². The first kappa shape index (κ1) is 22.2. The minimum absolute atomic E-state index is 0.121. The highest BCUT2D eigenvalue weighted by atomic mass is 19.1. The Balaban J connectivity index is 0.000000858. The van der Waals surface area contributed by atoms with E-state index < -0.39 is 12.1 Å². The molecular weight excluding hydrogens is 403 g/mol. The van der Waals surface area contributed by atoms with Crippen LogP contribution < -0.4 is 5.32 Å². The van der Waals surface area contributed by atoms with Crippen LogP contribution in [0.25, 0.3) is 5.57 Å². The van der Waals surface area contributed by atoms with Crippen LogP contribution in [0.3, 0.4) is 0 Å². The number of benzene rings is 2. The van der Waals surface area contributed by atoms with Gasteiger partial charge in [-0.25, -0.2) is 4.39 Å². The third-order valence-electron chi connectivity index (χ3n) is 5.15. The van der Waals surface area contributed by atoms with E-state index in [1.54, 1.807) is 17.0 Å². The molecule has 2 heterocycles. The summed E-state index contributed by atoms with van der Waals surface area (Å²) in [6.07, 6.45) is 1.93. The smallest absolute Gasteiger partial charge is 0.290 e. The van der Waals surface area contributed by atoms with E-state index in [9.17, 15) is 14.0 Å². The van der Waals surface area contributed by atoms with E-state index >= 15 is 0 Å². The summed E-state index contributed by atoms with van der Waals surface area (Å²) in [6, 6.07) is 15.3. The minimum atomic E-state index is -0.749. The van der Waals surface area contributed by atoms with Crippen molar-refractivity contribution in [3.05, 3.63) is 77.6 Å². The molecule has 0 spiro atoms. The molecule has 2 atom stereocenters. The largest absolute Gasteiger partial charge is 0.483 e. The first-order valence-corrected chi connectivity index (χ1v) is 9.81. The van der Waals surface area contributed by atoms with Crippen LogP contribution in [0.1, 0.15) is 23.6 Å². The van der Waals surface area contributed by atoms with Crippen LogP contribution in [-0.2, 0) is 19.1 Å². The van der Waals surface area contributed by atoms with Crippen LogP contribution in [0.2, 0.25) is 0 Å². The Labute approximate surface area is 179 Å². The van der Waals surface area contributed by atoms with Gasteiger partial charge in [-0.3, -0.25) is 14.4 Å². The molecular formula is C23H23FN2O5. The van der Waals surface area contributed by atoms with Gasteiger partial charge in [0.15, 0.2) is 6.10 Å². The number of nitrogens with zero attached hydrogens (tertiary/aromatic N) is 1. The topological polar surface area (TPSA) is 95.9 Å². The first-order valence-electron chi connectivity index (χ1n) is 9.81. The molecule has 2 amide bonds. The zero-order chi connectivity index (χ0) is 22.2. The Morgan fingerprint density at radius 2 is 1.84 bits per heavy atom. The molecule has 162 valence electrons. The molecule has 0 radical (unpaired) electrons. The molecule has 0 aromatic heterocycles. The fraction of sp³-hybridized carbons (Fsp3) is 0.261. The van der Waals surface area contributed by atoms with Gasteiger partial charge in [0.1, 0.15) is 12.4 Å². The number of morpholine rings is 1.